The molecule has 1 aromatic rings. The lowest BCUT2D eigenvalue weighted by Gasteiger charge is -2.38. The maximum atomic E-state index is 13.7. The van der Waals surface area contributed by atoms with Gasteiger partial charge in [-0.25, -0.2) is 8.42 Å². The minimum absolute atomic E-state index is 0.0239. The molecule has 1 aromatic carbocycles. The number of rotatable bonds is 7. The van der Waals surface area contributed by atoms with Crippen molar-refractivity contribution in [2.24, 2.45) is 11.8 Å². The molecule has 0 aromatic heterocycles. The molecule has 2 heterocycles. The van der Waals surface area contributed by atoms with Crippen molar-refractivity contribution in [3.8, 4) is 5.75 Å². The van der Waals surface area contributed by atoms with Crippen LogP contribution >= 0.6 is 0 Å². The number of nitrogens with zero attached hydrogens (tertiary/aromatic N) is 2. The van der Waals surface area contributed by atoms with Gasteiger partial charge in [-0.2, -0.15) is 4.31 Å². The molecule has 1 aliphatic carbocycles. The van der Waals surface area contributed by atoms with Crippen LogP contribution < -0.4 is 4.74 Å². The quantitative estimate of drug-likeness (QED) is 0.625. The van der Waals surface area contributed by atoms with Crippen LogP contribution in [0.15, 0.2) is 23.1 Å². The van der Waals surface area contributed by atoms with E-state index in [1.807, 2.05) is 12.1 Å². The predicted molar refractivity (Wildman–Crippen MR) is 133 cm³/mol. The number of hydrogen-bond acceptors (Lipinski definition) is 6. The minimum atomic E-state index is -3.78. The molecule has 2 fully saturated rings. The number of aliphatic hydroxyl groups excluding tert-OH is 1. The molecule has 0 unspecified atom stereocenters. The molecule has 0 amide bonds. The summed E-state index contributed by atoms with van der Waals surface area (Å²) < 4.78 is 40.9. The van der Waals surface area contributed by atoms with Gasteiger partial charge in [-0.05, 0) is 69.2 Å². The number of benzene rings is 1. The Balaban J connectivity index is 1.63. The van der Waals surface area contributed by atoms with E-state index in [-0.39, 0.29) is 23.5 Å². The zero-order valence-electron chi connectivity index (χ0n) is 21.0. The van der Waals surface area contributed by atoms with Crippen LogP contribution in [0, 0.1) is 11.8 Å². The molecule has 8 heteroatoms. The van der Waals surface area contributed by atoms with Crippen molar-refractivity contribution >= 4 is 10.0 Å². The normalized spacial score (nSPS) is 27.7. The van der Waals surface area contributed by atoms with Crippen LogP contribution in [-0.4, -0.2) is 81.4 Å². The van der Waals surface area contributed by atoms with Crippen LogP contribution in [0.5, 0.6) is 5.75 Å². The highest BCUT2D eigenvalue weighted by molar-refractivity contribution is 7.89. The lowest BCUT2D eigenvalue weighted by molar-refractivity contribution is 0.0402. The monoisotopic (exact) mass is 494 g/mol. The smallest absolute Gasteiger partial charge is 0.247 e. The molecule has 2 aliphatic heterocycles. The van der Waals surface area contributed by atoms with Gasteiger partial charge in [0.25, 0.3) is 0 Å². The summed E-state index contributed by atoms with van der Waals surface area (Å²) >= 11 is 0. The van der Waals surface area contributed by atoms with Gasteiger partial charge in [-0.15, -0.1) is 0 Å². The van der Waals surface area contributed by atoms with Gasteiger partial charge in [0.2, 0.25) is 10.0 Å². The summed E-state index contributed by atoms with van der Waals surface area (Å²) in [5.41, 5.74) is 1.18. The summed E-state index contributed by atoms with van der Waals surface area (Å²) in [6.07, 6.45) is 6.75. The second kappa shape index (κ2) is 11.2. The number of likely N-dealkylation sites (N-methyl/N-ethyl adjacent to an activating group) is 1. The van der Waals surface area contributed by atoms with E-state index in [4.69, 9.17) is 9.47 Å². The van der Waals surface area contributed by atoms with Gasteiger partial charge < -0.3 is 19.5 Å². The van der Waals surface area contributed by atoms with Gasteiger partial charge in [0.05, 0.1) is 6.61 Å². The average Bonchev–Trinajstić information content (AvgIpc) is 3.36. The highest BCUT2D eigenvalue weighted by atomic mass is 32.2. The van der Waals surface area contributed by atoms with Gasteiger partial charge in [0.15, 0.2) is 0 Å². The summed E-state index contributed by atoms with van der Waals surface area (Å²) in [4.78, 5) is 2.55. The van der Waals surface area contributed by atoms with Gasteiger partial charge in [-0.1, -0.05) is 25.8 Å². The SMILES string of the molecule is C[C@@H]1CN([C@H](C)CO)S(=O)(=O)c2ccc(C3CCCC3)cc2O[C@H]1CN(C)CC1CCOCC1. The van der Waals surface area contributed by atoms with Gasteiger partial charge in [0.1, 0.15) is 16.7 Å². The summed E-state index contributed by atoms with van der Waals surface area (Å²) in [5, 5.41) is 9.84. The topological polar surface area (TPSA) is 79.3 Å². The van der Waals surface area contributed by atoms with Crippen molar-refractivity contribution in [3.05, 3.63) is 23.8 Å². The molecule has 0 radical (unpaired) electrons. The summed E-state index contributed by atoms with van der Waals surface area (Å²) in [6, 6.07) is 5.19. The Labute approximate surface area is 205 Å². The zero-order chi connectivity index (χ0) is 24.3. The third kappa shape index (κ3) is 5.78. The molecule has 1 saturated carbocycles. The van der Waals surface area contributed by atoms with E-state index >= 15 is 0 Å². The molecule has 3 aliphatic rings. The van der Waals surface area contributed by atoms with E-state index in [2.05, 4.69) is 18.9 Å². The number of aliphatic hydroxyl groups is 1. The standard InChI is InChI=1S/C26H42N2O5S/c1-19-15-28(20(2)18-29)34(30,31)26-9-8-23(22-6-4-5-7-22)14-24(26)33-25(19)17-27(3)16-21-10-12-32-13-11-21/h8-9,14,19-22,25,29H,4-7,10-13,15-18H2,1-3H3/t19-,20-,25+/m1/s1. The first-order valence-electron chi connectivity index (χ1n) is 13.0. The summed E-state index contributed by atoms with van der Waals surface area (Å²) in [7, 11) is -1.65. The lowest BCUT2D eigenvalue weighted by atomic mass is 9.97. The number of hydrogen-bond donors (Lipinski definition) is 1. The number of fused-ring (bicyclic) bond motifs is 1. The van der Waals surface area contributed by atoms with Crippen molar-refractivity contribution in [1.29, 1.82) is 0 Å². The van der Waals surface area contributed by atoms with E-state index in [0.29, 0.717) is 24.1 Å². The number of sulfonamides is 1. The van der Waals surface area contributed by atoms with Crippen molar-refractivity contribution in [2.75, 3.05) is 46.5 Å². The van der Waals surface area contributed by atoms with E-state index in [9.17, 15) is 13.5 Å². The molecule has 3 atom stereocenters. The molecule has 7 nitrogen and oxygen atoms in total. The fraction of sp³-hybridized carbons (Fsp3) is 0.769. The van der Waals surface area contributed by atoms with Crippen molar-refractivity contribution < 1.29 is 23.0 Å². The van der Waals surface area contributed by atoms with Crippen molar-refractivity contribution in [3.63, 3.8) is 0 Å². The van der Waals surface area contributed by atoms with Crippen LogP contribution in [-0.2, 0) is 14.8 Å². The molecule has 1 N–H and O–H groups in total. The van der Waals surface area contributed by atoms with Crippen LogP contribution in [0.4, 0.5) is 0 Å². The maximum Gasteiger partial charge on any atom is 0.247 e. The molecule has 192 valence electrons. The first-order valence-corrected chi connectivity index (χ1v) is 14.4. The largest absolute Gasteiger partial charge is 0.487 e. The van der Waals surface area contributed by atoms with Crippen LogP contribution in [0.2, 0.25) is 0 Å². The molecular formula is C26H42N2O5S. The van der Waals surface area contributed by atoms with E-state index < -0.39 is 16.1 Å². The first kappa shape index (κ1) is 25.9. The van der Waals surface area contributed by atoms with Crippen molar-refractivity contribution in [1.82, 2.24) is 9.21 Å². The third-order valence-electron chi connectivity index (χ3n) is 7.92. The fourth-order valence-electron chi connectivity index (χ4n) is 5.72. The second-order valence-electron chi connectivity index (χ2n) is 10.7. The Kier molecular flexibility index (Phi) is 8.57. The van der Waals surface area contributed by atoms with Crippen LogP contribution in [0.3, 0.4) is 0 Å². The Morgan fingerprint density at radius 2 is 1.85 bits per heavy atom. The molecule has 4 rings (SSSR count). The lowest BCUT2D eigenvalue weighted by Crippen LogP contribution is -2.50. The highest BCUT2D eigenvalue weighted by Crippen LogP contribution is 2.39. The van der Waals surface area contributed by atoms with Crippen LogP contribution in [0.25, 0.3) is 0 Å². The average molecular weight is 495 g/mol. The van der Waals surface area contributed by atoms with Gasteiger partial charge in [0, 0.05) is 44.8 Å². The Bertz CT molecular complexity index is 912. The number of ether oxygens (including phenoxy) is 2. The minimum Gasteiger partial charge on any atom is -0.487 e. The highest BCUT2D eigenvalue weighted by Gasteiger charge is 2.38. The van der Waals surface area contributed by atoms with Crippen molar-refractivity contribution in [2.45, 2.75) is 75.3 Å². The van der Waals surface area contributed by atoms with Crippen LogP contribution in [0.1, 0.15) is 63.9 Å². The third-order valence-corrected chi connectivity index (χ3v) is 9.94. The first-order chi connectivity index (χ1) is 16.3. The van der Waals surface area contributed by atoms with Gasteiger partial charge >= 0.3 is 0 Å². The predicted octanol–water partition coefficient (Wildman–Crippen LogP) is 3.47. The maximum absolute atomic E-state index is 13.7. The molecule has 34 heavy (non-hydrogen) atoms. The second-order valence-corrected chi connectivity index (χ2v) is 12.6. The summed E-state index contributed by atoms with van der Waals surface area (Å²) in [5.74, 6) is 1.54. The van der Waals surface area contributed by atoms with E-state index in [0.717, 1.165) is 52.0 Å². The fourth-order valence-corrected chi connectivity index (χ4v) is 7.55. The summed E-state index contributed by atoms with van der Waals surface area (Å²) in [6.45, 7) is 7.32. The van der Waals surface area contributed by atoms with Gasteiger partial charge in [-0.3, -0.25) is 0 Å². The Hall–Kier alpha value is -1.19. The molecule has 1 saturated heterocycles. The molecule has 0 bridgehead atoms. The zero-order valence-corrected chi connectivity index (χ0v) is 21.8. The Morgan fingerprint density at radius 1 is 1.15 bits per heavy atom. The molecule has 0 spiro atoms. The molecular weight excluding hydrogens is 452 g/mol. The Morgan fingerprint density at radius 3 is 2.53 bits per heavy atom. The van der Waals surface area contributed by atoms with E-state index in [1.54, 1.807) is 13.0 Å². The van der Waals surface area contributed by atoms with E-state index in [1.165, 1.54) is 22.7 Å².